The molecule has 0 aliphatic carbocycles. The molecule has 1 aromatic rings. The number of rotatable bonds is 5. The molecular formula is C16H19NO4S. The van der Waals surface area contributed by atoms with E-state index in [1.54, 1.807) is 26.2 Å². The average molecular weight is 321 g/mol. The first-order chi connectivity index (χ1) is 10.5. The minimum absolute atomic E-state index is 0.0332. The molecule has 118 valence electrons. The maximum Gasteiger partial charge on any atom is 0.293 e. The molecule has 0 spiro atoms. The van der Waals surface area contributed by atoms with Crippen LogP contribution in [0.1, 0.15) is 26.3 Å². The average Bonchev–Trinajstić information content (AvgIpc) is 2.74. The summed E-state index contributed by atoms with van der Waals surface area (Å²) in [5, 5.41) is -0.243. The Balaban J connectivity index is 2.43. The number of para-hydroxylation sites is 1. The quantitative estimate of drug-likeness (QED) is 0.776. The molecule has 2 amide bonds. The molecule has 1 aromatic carbocycles. The molecule has 0 unspecified atom stereocenters. The molecule has 0 aromatic heterocycles. The zero-order chi connectivity index (χ0) is 16.3. The lowest BCUT2D eigenvalue weighted by Gasteiger charge is -2.16. The topological polar surface area (TPSA) is 55.8 Å². The number of nitrogens with zero attached hydrogens (tertiary/aromatic N) is 1. The minimum atomic E-state index is -0.268. The van der Waals surface area contributed by atoms with Gasteiger partial charge in [0.1, 0.15) is 0 Å². The maximum atomic E-state index is 12.2. The van der Waals surface area contributed by atoms with Gasteiger partial charge in [0.05, 0.1) is 18.1 Å². The van der Waals surface area contributed by atoms with Gasteiger partial charge in [-0.3, -0.25) is 14.5 Å². The van der Waals surface area contributed by atoms with Gasteiger partial charge in [-0.1, -0.05) is 12.1 Å². The number of methoxy groups -OCH3 is 1. The molecule has 1 saturated heterocycles. The second-order valence-electron chi connectivity index (χ2n) is 4.97. The van der Waals surface area contributed by atoms with Crippen LogP contribution in [0.5, 0.6) is 11.5 Å². The van der Waals surface area contributed by atoms with Gasteiger partial charge in [0.15, 0.2) is 11.5 Å². The lowest BCUT2D eigenvalue weighted by atomic mass is 10.1. The summed E-state index contributed by atoms with van der Waals surface area (Å²) >= 11 is 0.944. The molecule has 22 heavy (non-hydrogen) atoms. The monoisotopic (exact) mass is 321 g/mol. The lowest BCUT2D eigenvalue weighted by molar-refractivity contribution is -0.122. The summed E-state index contributed by atoms with van der Waals surface area (Å²) < 4.78 is 11.1. The van der Waals surface area contributed by atoms with Crippen molar-refractivity contribution in [3.63, 3.8) is 0 Å². The number of hydrogen-bond acceptors (Lipinski definition) is 5. The van der Waals surface area contributed by atoms with E-state index in [4.69, 9.17) is 9.47 Å². The highest BCUT2D eigenvalue weighted by Crippen LogP contribution is 2.37. The molecule has 1 heterocycles. The summed E-state index contributed by atoms with van der Waals surface area (Å²) in [6, 6.07) is 5.45. The van der Waals surface area contributed by atoms with E-state index in [-0.39, 0.29) is 17.3 Å². The number of thioether (sulfide) groups is 1. The van der Waals surface area contributed by atoms with Crippen LogP contribution < -0.4 is 9.47 Å². The maximum absolute atomic E-state index is 12.2. The Kier molecular flexibility index (Phi) is 5.13. The predicted molar refractivity (Wildman–Crippen MR) is 87.1 cm³/mol. The number of carbonyl (C=O) groups excluding carboxylic acids is 2. The third kappa shape index (κ3) is 3.27. The number of carbonyl (C=O) groups is 2. The van der Waals surface area contributed by atoms with Crippen molar-refractivity contribution in [3.05, 3.63) is 28.7 Å². The Labute approximate surface area is 134 Å². The number of benzene rings is 1. The highest BCUT2D eigenvalue weighted by atomic mass is 32.2. The number of amides is 2. The molecule has 0 saturated carbocycles. The summed E-state index contributed by atoms with van der Waals surface area (Å²) in [6.07, 6.45) is 1.65. The van der Waals surface area contributed by atoms with Gasteiger partial charge < -0.3 is 9.47 Å². The fraction of sp³-hybridized carbons (Fsp3) is 0.375. The van der Waals surface area contributed by atoms with E-state index >= 15 is 0 Å². The second-order valence-corrected chi connectivity index (χ2v) is 5.96. The summed E-state index contributed by atoms with van der Waals surface area (Å²) in [4.78, 5) is 25.6. The van der Waals surface area contributed by atoms with Crippen molar-refractivity contribution < 1.29 is 19.1 Å². The number of ether oxygens (including phenoxy) is 2. The molecule has 6 heteroatoms. The molecule has 0 N–H and O–H groups in total. The van der Waals surface area contributed by atoms with Crippen LogP contribution in [0.2, 0.25) is 0 Å². The van der Waals surface area contributed by atoms with Gasteiger partial charge in [-0.15, -0.1) is 0 Å². The number of likely N-dealkylation sites (N-methyl/N-ethyl adjacent to an activating group) is 1. The van der Waals surface area contributed by atoms with Crippen LogP contribution in [0.4, 0.5) is 4.79 Å². The van der Waals surface area contributed by atoms with Gasteiger partial charge in [0.2, 0.25) is 0 Å². The van der Waals surface area contributed by atoms with Gasteiger partial charge in [-0.05, 0) is 44.7 Å². The van der Waals surface area contributed by atoms with Crippen LogP contribution >= 0.6 is 11.8 Å². The molecule has 1 aliphatic heterocycles. The first-order valence-electron chi connectivity index (χ1n) is 7.07. The third-order valence-corrected chi connectivity index (χ3v) is 3.97. The summed E-state index contributed by atoms with van der Waals surface area (Å²) in [5.74, 6) is 0.899. The Hall–Kier alpha value is -1.95. The van der Waals surface area contributed by atoms with Crippen molar-refractivity contribution in [2.75, 3.05) is 13.7 Å². The Morgan fingerprint density at radius 3 is 2.59 bits per heavy atom. The molecular weight excluding hydrogens is 302 g/mol. The molecule has 1 fully saturated rings. The predicted octanol–water partition coefficient (Wildman–Crippen LogP) is 3.54. The first-order valence-corrected chi connectivity index (χ1v) is 7.88. The van der Waals surface area contributed by atoms with Crippen molar-refractivity contribution >= 4 is 29.0 Å². The van der Waals surface area contributed by atoms with E-state index < -0.39 is 0 Å². The van der Waals surface area contributed by atoms with Crippen LogP contribution in [0.15, 0.2) is 23.1 Å². The van der Waals surface area contributed by atoms with E-state index in [0.717, 1.165) is 17.3 Å². The fourth-order valence-electron chi connectivity index (χ4n) is 2.08. The van der Waals surface area contributed by atoms with E-state index in [9.17, 15) is 9.59 Å². The lowest BCUT2D eigenvalue weighted by Crippen LogP contribution is -2.27. The Bertz CT molecular complexity index is 625. The Morgan fingerprint density at radius 1 is 1.32 bits per heavy atom. The normalized spacial score (nSPS) is 16.8. The van der Waals surface area contributed by atoms with E-state index in [2.05, 4.69) is 0 Å². The van der Waals surface area contributed by atoms with Gasteiger partial charge in [-0.25, -0.2) is 0 Å². The SMILES string of the molecule is CCN1C(=O)S/C(=C\c2cccc(OC)c2OC(C)C)C1=O. The number of imide groups is 1. The van der Waals surface area contributed by atoms with Crippen LogP contribution in [0.25, 0.3) is 6.08 Å². The zero-order valence-electron chi connectivity index (χ0n) is 13.1. The standard InChI is InChI=1S/C16H19NO4S/c1-5-17-15(18)13(22-16(17)19)9-11-7-6-8-12(20-4)14(11)21-10(2)3/h6-10H,5H2,1-4H3/b13-9-. The molecule has 2 rings (SSSR count). The van der Waals surface area contributed by atoms with Crippen molar-refractivity contribution in [1.82, 2.24) is 4.90 Å². The van der Waals surface area contributed by atoms with E-state index in [1.807, 2.05) is 26.0 Å². The minimum Gasteiger partial charge on any atom is -0.493 e. The van der Waals surface area contributed by atoms with Crippen molar-refractivity contribution in [2.45, 2.75) is 26.9 Å². The van der Waals surface area contributed by atoms with Crippen molar-refractivity contribution in [1.29, 1.82) is 0 Å². The van der Waals surface area contributed by atoms with E-state index in [0.29, 0.717) is 22.9 Å². The van der Waals surface area contributed by atoms with Gasteiger partial charge in [-0.2, -0.15) is 0 Å². The van der Waals surface area contributed by atoms with Gasteiger partial charge in [0.25, 0.3) is 11.1 Å². The van der Waals surface area contributed by atoms with Gasteiger partial charge in [0, 0.05) is 12.1 Å². The van der Waals surface area contributed by atoms with Crippen molar-refractivity contribution in [3.8, 4) is 11.5 Å². The first kappa shape index (κ1) is 16.4. The van der Waals surface area contributed by atoms with Crippen LogP contribution in [0, 0.1) is 0 Å². The van der Waals surface area contributed by atoms with Crippen molar-refractivity contribution in [2.24, 2.45) is 0 Å². The van der Waals surface area contributed by atoms with Crippen LogP contribution in [-0.4, -0.2) is 35.8 Å². The summed E-state index contributed by atoms with van der Waals surface area (Å²) in [6.45, 7) is 5.98. The molecule has 5 nitrogen and oxygen atoms in total. The third-order valence-electron chi connectivity index (χ3n) is 3.06. The molecule has 0 bridgehead atoms. The summed E-state index contributed by atoms with van der Waals surface area (Å²) in [5.41, 5.74) is 0.717. The highest BCUT2D eigenvalue weighted by molar-refractivity contribution is 8.18. The van der Waals surface area contributed by atoms with Crippen LogP contribution in [-0.2, 0) is 4.79 Å². The fourth-order valence-corrected chi connectivity index (χ4v) is 2.98. The summed E-state index contributed by atoms with van der Waals surface area (Å²) in [7, 11) is 1.57. The zero-order valence-corrected chi connectivity index (χ0v) is 13.9. The van der Waals surface area contributed by atoms with Crippen LogP contribution in [0.3, 0.4) is 0 Å². The largest absolute Gasteiger partial charge is 0.493 e. The van der Waals surface area contributed by atoms with E-state index in [1.165, 1.54) is 4.90 Å². The van der Waals surface area contributed by atoms with Gasteiger partial charge >= 0.3 is 0 Å². The molecule has 0 radical (unpaired) electrons. The molecule has 0 atom stereocenters. The molecule has 1 aliphatic rings. The smallest absolute Gasteiger partial charge is 0.293 e. The Morgan fingerprint density at radius 2 is 2.05 bits per heavy atom. The second kappa shape index (κ2) is 6.87. The highest BCUT2D eigenvalue weighted by Gasteiger charge is 2.34. The number of hydrogen-bond donors (Lipinski definition) is 0.